The van der Waals surface area contributed by atoms with Gasteiger partial charge in [-0.1, -0.05) is 11.6 Å². The van der Waals surface area contributed by atoms with Gasteiger partial charge in [0, 0.05) is 17.3 Å². The smallest absolute Gasteiger partial charge is 0.357 e. The minimum atomic E-state index is -1.43. The largest absolute Gasteiger partial charge is 0.476 e. The maximum Gasteiger partial charge on any atom is 0.357 e. The summed E-state index contributed by atoms with van der Waals surface area (Å²) < 4.78 is 19.0. The number of hydrogen-bond donors (Lipinski definition) is 1. The van der Waals surface area contributed by atoms with E-state index in [0.717, 1.165) is 6.07 Å². The van der Waals surface area contributed by atoms with Crippen molar-refractivity contribution in [1.82, 2.24) is 9.97 Å². The molecule has 1 aromatic carbocycles. The third-order valence-corrected chi connectivity index (χ3v) is 2.88. The first kappa shape index (κ1) is 12.6. The number of halogens is 2. The summed E-state index contributed by atoms with van der Waals surface area (Å²) in [4.78, 5) is 18.4. The standard InChI is InChI=1S/C13H6ClFN2O3/c14-7-1-2-9-10(4-7)20-12(17-9)6-3-8(15)11(13(18)19)16-5-6/h1-5H,(H,18,19). The maximum absolute atomic E-state index is 13.6. The van der Waals surface area contributed by atoms with E-state index in [1.54, 1.807) is 18.2 Å². The number of pyridine rings is 1. The van der Waals surface area contributed by atoms with E-state index >= 15 is 0 Å². The SMILES string of the molecule is O=C(O)c1ncc(-c2nc3ccc(Cl)cc3o2)cc1F. The second kappa shape index (κ2) is 4.57. The zero-order chi connectivity index (χ0) is 14.3. The van der Waals surface area contributed by atoms with E-state index in [-0.39, 0.29) is 11.5 Å². The van der Waals surface area contributed by atoms with Gasteiger partial charge in [0.1, 0.15) is 5.52 Å². The van der Waals surface area contributed by atoms with Crippen LogP contribution in [0.25, 0.3) is 22.6 Å². The monoisotopic (exact) mass is 292 g/mol. The van der Waals surface area contributed by atoms with Gasteiger partial charge in [-0.05, 0) is 18.2 Å². The molecule has 100 valence electrons. The van der Waals surface area contributed by atoms with Crippen LogP contribution in [0.4, 0.5) is 4.39 Å². The molecule has 0 aliphatic carbocycles. The fraction of sp³-hybridized carbons (Fsp3) is 0. The van der Waals surface area contributed by atoms with Crippen LogP contribution in [0.1, 0.15) is 10.5 Å². The molecule has 0 radical (unpaired) electrons. The van der Waals surface area contributed by atoms with Gasteiger partial charge in [-0.2, -0.15) is 0 Å². The van der Waals surface area contributed by atoms with Crippen molar-refractivity contribution in [2.24, 2.45) is 0 Å². The van der Waals surface area contributed by atoms with E-state index in [1.165, 1.54) is 6.20 Å². The Balaban J connectivity index is 2.11. The summed E-state index contributed by atoms with van der Waals surface area (Å²) in [6.45, 7) is 0. The maximum atomic E-state index is 13.6. The Bertz CT molecular complexity index is 832. The first-order valence-corrected chi connectivity index (χ1v) is 5.87. The van der Waals surface area contributed by atoms with E-state index in [0.29, 0.717) is 16.1 Å². The molecule has 2 aromatic heterocycles. The van der Waals surface area contributed by atoms with E-state index < -0.39 is 17.5 Å². The number of rotatable bonds is 2. The minimum Gasteiger partial charge on any atom is -0.476 e. The van der Waals surface area contributed by atoms with Crippen molar-refractivity contribution in [3.8, 4) is 11.5 Å². The highest BCUT2D eigenvalue weighted by Gasteiger charge is 2.16. The van der Waals surface area contributed by atoms with Gasteiger partial charge in [0.2, 0.25) is 5.89 Å². The van der Waals surface area contributed by atoms with Crippen LogP contribution in [0, 0.1) is 5.82 Å². The molecule has 0 aliphatic rings. The second-order valence-corrected chi connectivity index (χ2v) is 4.43. The lowest BCUT2D eigenvalue weighted by Gasteiger charge is -1.98. The Labute approximate surface area is 116 Å². The third kappa shape index (κ3) is 2.10. The Kier molecular flexibility index (Phi) is 2.87. The van der Waals surface area contributed by atoms with Crippen LogP contribution < -0.4 is 0 Å². The highest BCUT2D eigenvalue weighted by atomic mass is 35.5. The molecule has 5 nitrogen and oxygen atoms in total. The third-order valence-electron chi connectivity index (χ3n) is 2.64. The number of hydrogen-bond acceptors (Lipinski definition) is 4. The van der Waals surface area contributed by atoms with Crippen LogP contribution in [0.2, 0.25) is 5.02 Å². The Morgan fingerprint density at radius 3 is 2.85 bits per heavy atom. The molecule has 0 saturated carbocycles. The van der Waals surface area contributed by atoms with Crippen molar-refractivity contribution in [1.29, 1.82) is 0 Å². The van der Waals surface area contributed by atoms with Crippen LogP contribution in [0.3, 0.4) is 0 Å². The van der Waals surface area contributed by atoms with Crippen LogP contribution in [0.5, 0.6) is 0 Å². The summed E-state index contributed by atoms with van der Waals surface area (Å²) in [6, 6.07) is 5.92. The van der Waals surface area contributed by atoms with E-state index in [1.807, 2.05) is 0 Å². The van der Waals surface area contributed by atoms with E-state index in [9.17, 15) is 9.18 Å². The molecule has 0 bridgehead atoms. The zero-order valence-corrected chi connectivity index (χ0v) is 10.6. The van der Waals surface area contributed by atoms with E-state index in [2.05, 4.69) is 9.97 Å². The van der Waals surface area contributed by atoms with Crippen molar-refractivity contribution in [3.05, 3.63) is 47.0 Å². The van der Waals surface area contributed by atoms with Gasteiger partial charge in [0.25, 0.3) is 0 Å². The molecule has 0 saturated heterocycles. The number of benzene rings is 1. The average Bonchev–Trinajstić information content (AvgIpc) is 2.81. The van der Waals surface area contributed by atoms with Gasteiger partial charge >= 0.3 is 5.97 Å². The van der Waals surface area contributed by atoms with Crippen molar-refractivity contribution in [3.63, 3.8) is 0 Å². The van der Waals surface area contributed by atoms with Crippen LogP contribution in [-0.4, -0.2) is 21.0 Å². The summed E-state index contributed by atoms with van der Waals surface area (Å²) in [5.41, 5.74) is 0.620. The predicted molar refractivity (Wildman–Crippen MR) is 69.2 cm³/mol. The van der Waals surface area contributed by atoms with Gasteiger partial charge in [-0.3, -0.25) is 0 Å². The summed E-state index contributed by atoms with van der Waals surface area (Å²) in [6.07, 6.45) is 1.19. The molecule has 7 heteroatoms. The average molecular weight is 293 g/mol. The van der Waals surface area contributed by atoms with Crippen molar-refractivity contribution < 1.29 is 18.7 Å². The van der Waals surface area contributed by atoms with Crippen molar-refractivity contribution >= 4 is 28.7 Å². The molecule has 0 aliphatic heterocycles. The fourth-order valence-electron chi connectivity index (χ4n) is 1.73. The molecule has 3 aromatic rings. The number of nitrogens with zero attached hydrogens (tertiary/aromatic N) is 2. The predicted octanol–water partition coefficient (Wildman–Crippen LogP) is 3.38. The highest BCUT2D eigenvalue weighted by molar-refractivity contribution is 6.31. The molecular formula is C13H6ClFN2O3. The lowest BCUT2D eigenvalue weighted by molar-refractivity contribution is 0.0685. The lowest BCUT2D eigenvalue weighted by atomic mass is 10.2. The van der Waals surface area contributed by atoms with Gasteiger partial charge < -0.3 is 9.52 Å². The molecule has 2 heterocycles. The van der Waals surface area contributed by atoms with Crippen molar-refractivity contribution in [2.75, 3.05) is 0 Å². The topological polar surface area (TPSA) is 76.2 Å². The highest BCUT2D eigenvalue weighted by Crippen LogP contribution is 2.26. The van der Waals surface area contributed by atoms with Gasteiger partial charge in [-0.15, -0.1) is 0 Å². The molecule has 3 rings (SSSR count). The number of carboxylic acids is 1. The molecule has 0 amide bonds. The molecule has 0 atom stereocenters. The first-order valence-electron chi connectivity index (χ1n) is 5.50. The second-order valence-electron chi connectivity index (χ2n) is 3.99. The van der Waals surface area contributed by atoms with Crippen LogP contribution >= 0.6 is 11.6 Å². The molecule has 1 N–H and O–H groups in total. The van der Waals surface area contributed by atoms with Crippen molar-refractivity contribution in [2.45, 2.75) is 0 Å². The minimum absolute atomic E-state index is 0.144. The number of carboxylic acid groups (broad SMARTS) is 1. The normalized spacial score (nSPS) is 10.9. The van der Waals surface area contributed by atoms with Crippen LogP contribution in [-0.2, 0) is 0 Å². The number of oxazole rings is 1. The lowest BCUT2D eigenvalue weighted by Crippen LogP contribution is -2.03. The Hall–Kier alpha value is -2.47. The Morgan fingerprint density at radius 2 is 2.15 bits per heavy atom. The fourth-order valence-corrected chi connectivity index (χ4v) is 1.90. The van der Waals surface area contributed by atoms with Crippen LogP contribution in [0.15, 0.2) is 34.9 Å². The molecular weight excluding hydrogens is 287 g/mol. The number of fused-ring (bicyclic) bond motifs is 1. The van der Waals surface area contributed by atoms with Gasteiger partial charge in [0.15, 0.2) is 17.1 Å². The summed E-state index contributed by atoms with van der Waals surface area (Å²) in [5, 5.41) is 9.21. The quantitative estimate of drug-likeness (QED) is 0.783. The molecule has 20 heavy (non-hydrogen) atoms. The molecule has 0 unspecified atom stereocenters. The summed E-state index contributed by atoms with van der Waals surface area (Å²) in [7, 11) is 0. The number of carbonyl (C=O) groups is 1. The first-order chi connectivity index (χ1) is 9.54. The number of aromatic nitrogens is 2. The zero-order valence-electron chi connectivity index (χ0n) is 9.80. The summed E-state index contributed by atoms with van der Waals surface area (Å²) >= 11 is 5.83. The molecule has 0 fully saturated rings. The molecule has 0 spiro atoms. The summed E-state index contributed by atoms with van der Waals surface area (Å²) in [5.74, 6) is -2.24. The van der Waals surface area contributed by atoms with E-state index in [4.69, 9.17) is 21.1 Å². The van der Waals surface area contributed by atoms with Gasteiger partial charge in [-0.25, -0.2) is 19.2 Å². The number of aromatic carboxylic acids is 1. The Morgan fingerprint density at radius 1 is 1.35 bits per heavy atom. The van der Waals surface area contributed by atoms with Gasteiger partial charge in [0.05, 0.1) is 5.56 Å².